The van der Waals surface area contributed by atoms with Gasteiger partial charge in [-0.1, -0.05) is 12.8 Å². The smallest absolute Gasteiger partial charge is 0.315 e. The molecule has 0 radical (unpaired) electrons. The van der Waals surface area contributed by atoms with Gasteiger partial charge < -0.3 is 15.7 Å². The molecule has 2 amide bonds. The van der Waals surface area contributed by atoms with Gasteiger partial charge in [0.1, 0.15) is 0 Å². The molecule has 1 aromatic rings. The van der Waals surface area contributed by atoms with Crippen LogP contribution in [0.25, 0.3) is 0 Å². The SMILES string of the molecule is O=C(NCc1ccncc1)NCC1(O)CCCC1. The van der Waals surface area contributed by atoms with Gasteiger partial charge in [-0.2, -0.15) is 0 Å². The number of urea groups is 1. The van der Waals surface area contributed by atoms with Gasteiger partial charge in [0.25, 0.3) is 0 Å². The maximum atomic E-state index is 11.6. The van der Waals surface area contributed by atoms with Crippen LogP contribution in [0, 0.1) is 0 Å². The number of carbonyl (C=O) groups is 1. The lowest BCUT2D eigenvalue weighted by molar-refractivity contribution is 0.0501. The number of rotatable bonds is 4. The second kappa shape index (κ2) is 5.82. The first kappa shape index (κ1) is 12.8. The summed E-state index contributed by atoms with van der Waals surface area (Å²) >= 11 is 0. The van der Waals surface area contributed by atoms with Crippen LogP contribution in [0.1, 0.15) is 31.2 Å². The Labute approximate surface area is 107 Å². The molecule has 0 atom stereocenters. The second-order valence-electron chi connectivity index (χ2n) is 4.82. The van der Waals surface area contributed by atoms with Crippen LogP contribution in [0.3, 0.4) is 0 Å². The van der Waals surface area contributed by atoms with Crippen molar-refractivity contribution in [3.63, 3.8) is 0 Å². The van der Waals surface area contributed by atoms with Gasteiger partial charge in [-0.25, -0.2) is 4.79 Å². The molecule has 18 heavy (non-hydrogen) atoms. The van der Waals surface area contributed by atoms with Gasteiger partial charge in [0, 0.05) is 25.5 Å². The van der Waals surface area contributed by atoms with E-state index in [9.17, 15) is 9.90 Å². The van der Waals surface area contributed by atoms with E-state index in [1.807, 2.05) is 12.1 Å². The zero-order valence-electron chi connectivity index (χ0n) is 10.4. The Bertz CT molecular complexity index is 388. The molecule has 1 aliphatic carbocycles. The van der Waals surface area contributed by atoms with Gasteiger partial charge in [-0.3, -0.25) is 4.98 Å². The molecular formula is C13H19N3O2. The first-order valence-electron chi connectivity index (χ1n) is 6.31. The topological polar surface area (TPSA) is 74.2 Å². The van der Waals surface area contributed by atoms with Gasteiger partial charge >= 0.3 is 6.03 Å². The third kappa shape index (κ3) is 3.70. The molecular weight excluding hydrogens is 230 g/mol. The summed E-state index contributed by atoms with van der Waals surface area (Å²) in [5.74, 6) is 0. The number of nitrogens with one attached hydrogen (secondary N) is 2. The minimum Gasteiger partial charge on any atom is -0.388 e. The lowest BCUT2D eigenvalue weighted by atomic mass is 10.0. The predicted octanol–water partition coefficient (Wildman–Crippen LogP) is 1.19. The van der Waals surface area contributed by atoms with Crippen molar-refractivity contribution in [2.24, 2.45) is 0 Å². The Hall–Kier alpha value is -1.62. The largest absolute Gasteiger partial charge is 0.388 e. The molecule has 0 aromatic carbocycles. The minimum absolute atomic E-state index is 0.243. The van der Waals surface area contributed by atoms with E-state index in [1.54, 1.807) is 12.4 Å². The van der Waals surface area contributed by atoms with Crippen molar-refractivity contribution in [1.82, 2.24) is 15.6 Å². The number of hydrogen-bond donors (Lipinski definition) is 3. The lowest BCUT2D eigenvalue weighted by Gasteiger charge is -2.22. The number of carbonyl (C=O) groups excluding carboxylic acids is 1. The summed E-state index contributed by atoms with van der Waals surface area (Å²) in [4.78, 5) is 15.5. The fourth-order valence-corrected chi connectivity index (χ4v) is 2.20. The normalized spacial score (nSPS) is 17.4. The highest BCUT2D eigenvalue weighted by Gasteiger charge is 2.31. The predicted molar refractivity (Wildman–Crippen MR) is 67.9 cm³/mol. The maximum absolute atomic E-state index is 11.6. The summed E-state index contributed by atoms with van der Waals surface area (Å²) < 4.78 is 0. The maximum Gasteiger partial charge on any atom is 0.315 e. The van der Waals surface area contributed by atoms with Crippen LogP contribution in [-0.4, -0.2) is 28.3 Å². The van der Waals surface area contributed by atoms with E-state index >= 15 is 0 Å². The molecule has 0 bridgehead atoms. The van der Waals surface area contributed by atoms with E-state index < -0.39 is 5.60 Å². The Morgan fingerprint density at radius 2 is 1.94 bits per heavy atom. The van der Waals surface area contributed by atoms with Crippen molar-refractivity contribution in [3.8, 4) is 0 Å². The Morgan fingerprint density at radius 3 is 2.61 bits per heavy atom. The number of aliphatic hydroxyl groups is 1. The van der Waals surface area contributed by atoms with Crippen molar-refractivity contribution in [1.29, 1.82) is 0 Å². The lowest BCUT2D eigenvalue weighted by Crippen LogP contribution is -2.44. The van der Waals surface area contributed by atoms with Gasteiger partial charge in [0.05, 0.1) is 5.60 Å². The van der Waals surface area contributed by atoms with Crippen molar-refractivity contribution in [3.05, 3.63) is 30.1 Å². The van der Waals surface area contributed by atoms with Crippen LogP contribution in [0.4, 0.5) is 4.79 Å². The average Bonchev–Trinajstić information content (AvgIpc) is 2.83. The van der Waals surface area contributed by atoms with Crippen LogP contribution in [0.5, 0.6) is 0 Å². The van der Waals surface area contributed by atoms with E-state index in [0.29, 0.717) is 13.1 Å². The molecule has 5 heteroatoms. The highest BCUT2D eigenvalue weighted by Crippen LogP contribution is 2.28. The third-order valence-corrected chi connectivity index (χ3v) is 3.31. The quantitative estimate of drug-likeness (QED) is 0.750. The molecule has 5 nitrogen and oxygen atoms in total. The zero-order chi connectivity index (χ0) is 12.8. The number of aromatic nitrogens is 1. The zero-order valence-corrected chi connectivity index (χ0v) is 10.4. The fourth-order valence-electron chi connectivity index (χ4n) is 2.20. The van der Waals surface area contributed by atoms with E-state index in [1.165, 1.54) is 0 Å². The number of amides is 2. The van der Waals surface area contributed by atoms with Gasteiger partial charge in [-0.15, -0.1) is 0 Å². The molecule has 3 N–H and O–H groups in total. The monoisotopic (exact) mass is 249 g/mol. The molecule has 0 aliphatic heterocycles. The fraction of sp³-hybridized carbons (Fsp3) is 0.538. The summed E-state index contributed by atoms with van der Waals surface area (Å²) in [5, 5.41) is 15.5. The summed E-state index contributed by atoms with van der Waals surface area (Å²) in [6.07, 6.45) is 7.01. The minimum atomic E-state index is -0.700. The highest BCUT2D eigenvalue weighted by atomic mass is 16.3. The molecule has 1 saturated carbocycles. The van der Waals surface area contributed by atoms with E-state index in [-0.39, 0.29) is 6.03 Å². The van der Waals surface area contributed by atoms with Crippen LogP contribution < -0.4 is 10.6 Å². The van der Waals surface area contributed by atoms with Gasteiger partial charge in [0.2, 0.25) is 0 Å². The summed E-state index contributed by atoms with van der Waals surface area (Å²) in [6, 6.07) is 3.46. The first-order chi connectivity index (χ1) is 8.68. The average molecular weight is 249 g/mol. The Morgan fingerprint density at radius 1 is 1.28 bits per heavy atom. The molecule has 2 rings (SSSR count). The molecule has 0 saturated heterocycles. The standard InChI is InChI=1S/C13H19N3O2/c17-12(15-9-11-3-7-14-8-4-11)16-10-13(18)5-1-2-6-13/h3-4,7-8,18H,1-2,5-6,9-10H2,(H2,15,16,17). The summed E-state index contributed by atoms with van der Waals surface area (Å²) in [5.41, 5.74) is 0.299. The van der Waals surface area contributed by atoms with Gasteiger partial charge in [0.15, 0.2) is 0 Å². The van der Waals surface area contributed by atoms with Crippen LogP contribution in [0.15, 0.2) is 24.5 Å². The molecule has 1 heterocycles. The Kier molecular flexibility index (Phi) is 4.15. The number of pyridine rings is 1. The van der Waals surface area contributed by atoms with Crippen LogP contribution in [0.2, 0.25) is 0 Å². The Balaban J connectivity index is 1.69. The molecule has 1 aromatic heterocycles. The molecule has 1 fully saturated rings. The van der Waals surface area contributed by atoms with Crippen molar-refractivity contribution in [2.45, 2.75) is 37.8 Å². The summed E-state index contributed by atoms with van der Waals surface area (Å²) in [7, 11) is 0. The van der Waals surface area contributed by atoms with Crippen LogP contribution in [-0.2, 0) is 6.54 Å². The van der Waals surface area contributed by atoms with Crippen LogP contribution >= 0.6 is 0 Å². The first-order valence-corrected chi connectivity index (χ1v) is 6.31. The molecule has 0 spiro atoms. The number of hydrogen-bond acceptors (Lipinski definition) is 3. The van der Waals surface area contributed by atoms with Crippen molar-refractivity contribution >= 4 is 6.03 Å². The molecule has 98 valence electrons. The van der Waals surface area contributed by atoms with Crippen molar-refractivity contribution < 1.29 is 9.90 Å². The number of nitrogens with zero attached hydrogens (tertiary/aromatic N) is 1. The van der Waals surface area contributed by atoms with E-state index in [4.69, 9.17) is 0 Å². The second-order valence-corrected chi connectivity index (χ2v) is 4.82. The highest BCUT2D eigenvalue weighted by molar-refractivity contribution is 5.73. The van der Waals surface area contributed by atoms with Crippen molar-refractivity contribution in [2.75, 3.05) is 6.54 Å². The van der Waals surface area contributed by atoms with E-state index in [0.717, 1.165) is 31.2 Å². The van der Waals surface area contributed by atoms with E-state index in [2.05, 4.69) is 15.6 Å². The van der Waals surface area contributed by atoms with Gasteiger partial charge in [-0.05, 0) is 30.5 Å². The summed E-state index contributed by atoms with van der Waals surface area (Å²) in [6.45, 7) is 0.794. The third-order valence-electron chi connectivity index (χ3n) is 3.31. The molecule has 0 unspecified atom stereocenters. The molecule has 1 aliphatic rings.